The minimum atomic E-state index is -0.945. The highest BCUT2D eigenvalue weighted by molar-refractivity contribution is 5.79. The molecule has 0 aliphatic carbocycles. The van der Waals surface area contributed by atoms with E-state index in [9.17, 15) is 4.79 Å². The van der Waals surface area contributed by atoms with Crippen molar-refractivity contribution in [2.75, 3.05) is 13.2 Å². The molecule has 1 atom stereocenters. The maximum absolute atomic E-state index is 9.62. The van der Waals surface area contributed by atoms with Crippen molar-refractivity contribution in [1.82, 2.24) is 0 Å². The van der Waals surface area contributed by atoms with E-state index in [1.54, 1.807) is 0 Å². The molecule has 0 radical (unpaired) electrons. The lowest BCUT2D eigenvalue weighted by molar-refractivity contribution is -0.131. The molecule has 0 aromatic carbocycles. The van der Waals surface area contributed by atoms with Gasteiger partial charge < -0.3 is 15.9 Å². The van der Waals surface area contributed by atoms with Gasteiger partial charge >= 0.3 is 5.97 Å². The van der Waals surface area contributed by atoms with Gasteiger partial charge in [-0.15, -0.1) is 0 Å². The maximum Gasteiger partial charge on any atom is 0.328 e. The van der Waals surface area contributed by atoms with Crippen molar-refractivity contribution in [3.63, 3.8) is 0 Å². The van der Waals surface area contributed by atoms with Crippen LogP contribution in [0.1, 0.15) is 6.92 Å². The molecule has 4 N–H and O–H groups in total. The van der Waals surface area contributed by atoms with Gasteiger partial charge in [0, 0.05) is 12.7 Å². The molecular weight excluding hydrogens is 170 g/mol. The quantitative estimate of drug-likeness (QED) is 0.439. The summed E-state index contributed by atoms with van der Waals surface area (Å²) in [5.74, 6) is -0.676. The standard InChI is InChI=1S/C5H6O2.C4H11NO/c1-2-3-4-5(6)7;1-4(2-5)3-6/h2-4H,1H2,(H,6,7);4,6H,2-3,5H2,1H3/b4-3+;. The van der Waals surface area contributed by atoms with Crippen molar-refractivity contribution in [3.05, 3.63) is 24.8 Å². The predicted octanol–water partition coefficient (Wildman–Crippen LogP) is 0.387. The Hall–Kier alpha value is -1.13. The van der Waals surface area contributed by atoms with Gasteiger partial charge in [0.1, 0.15) is 0 Å². The van der Waals surface area contributed by atoms with Crippen LogP contribution in [0, 0.1) is 5.92 Å². The lowest BCUT2D eigenvalue weighted by atomic mass is 10.2. The normalized spacial score (nSPS) is 11.6. The van der Waals surface area contributed by atoms with Gasteiger partial charge in [-0.05, 0) is 12.5 Å². The summed E-state index contributed by atoms with van der Waals surface area (Å²) < 4.78 is 0. The van der Waals surface area contributed by atoms with Gasteiger partial charge in [0.25, 0.3) is 0 Å². The third kappa shape index (κ3) is 18.1. The van der Waals surface area contributed by atoms with Crippen LogP contribution in [0.25, 0.3) is 0 Å². The lowest BCUT2D eigenvalue weighted by Gasteiger charge is -1.98. The van der Waals surface area contributed by atoms with Gasteiger partial charge in [-0.2, -0.15) is 0 Å². The third-order valence-electron chi connectivity index (χ3n) is 1.09. The molecule has 0 fully saturated rings. The summed E-state index contributed by atoms with van der Waals surface area (Å²) in [5, 5.41) is 16.2. The van der Waals surface area contributed by atoms with Crippen molar-refractivity contribution in [2.45, 2.75) is 6.92 Å². The Balaban J connectivity index is 0. The van der Waals surface area contributed by atoms with E-state index in [1.165, 1.54) is 12.2 Å². The van der Waals surface area contributed by atoms with E-state index >= 15 is 0 Å². The Morgan fingerprint density at radius 1 is 1.69 bits per heavy atom. The van der Waals surface area contributed by atoms with Crippen LogP contribution >= 0.6 is 0 Å². The Morgan fingerprint density at radius 3 is 2.31 bits per heavy atom. The van der Waals surface area contributed by atoms with Crippen molar-refractivity contribution in [2.24, 2.45) is 11.7 Å². The highest BCUT2D eigenvalue weighted by atomic mass is 16.4. The molecule has 4 heteroatoms. The molecule has 0 rings (SSSR count). The highest BCUT2D eigenvalue weighted by Crippen LogP contribution is 1.83. The molecule has 4 nitrogen and oxygen atoms in total. The predicted molar refractivity (Wildman–Crippen MR) is 52.3 cm³/mol. The molecule has 0 aromatic heterocycles. The average molecular weight is 187 g/mol. The summed E-state index contributed by atoms with van der Waals surface area (Å²) in [4.78, 5) is 9.62. The van der Waals surface area contributed by atoms with Crippen LogP contribution < -0.4 is 5.73 Å². The van der Waals surface area contributed by atoms with Crippen LogP contribution in [-0.2, 0) is 4.79 Å². The molecule has 1 unspecified atom stereocenters. The number of nitrogens with two attached hydrogens (primary N) is 1. The number of carboxylic acid groups (broad SMARTS) is 1. The number of rotatable bonds is 4. The van der Waals surface area contributed by atoms with Crippen molar-refractivity contribution >= 4 is 5.97 Å². The number of hydrogen-bond acceptors (Lipinski definition) is 3. The summed E-state index contributed by atoms with van der Waals surface area (Å²) in [6.07, 6.45) is 3.80. The molecule has 0 saturated heterocycles. The van der Waals surface area contributed by atoms with Crippen molar-refractivity contribution in [1.29, 1.82) is 0 Å². The fraction of sp³-hybridized carbons (Fsp3) is 0.444. The molecule has 0 aliphatic heterocycles. The first kappa shape index (κ1) is 14.4. The molecule has 0 saturated carbocycles. The fourth-order valence-corrected chi connectivity index (χ4v) is 0.225. The fourth-order valence-electron chi connectivity index (χ4n) is 0.225. The van der Waals surface area contributed by atoms with Gasteiger partial charge in [0.05, 0.1) is 0 Å². The number of aliphatic hydroxyl groups is 1. The number of aliphatic carboxylic acids is 1. The van der Waals surface area contributed by atoms with Crippen molar-refractivity contribution < 1.29 is 15.0 Å². The number of carbonyl (C=O) groups is 1. The van der Waals surface area contributed by atoms with Crippen LogP contribution in [-0.4, -0.2) is 29.3 Å². The zero-order valence-electron chi connectivity index (χ0n) is 7.81. The van der Waals surface area contributed by atoms with Crippen LogP contribution in [0.3, 0.4) is 0 Å². The molecule has 0 aromatic rings. The zero-order valence-corrected chi connectivity index (χ0v) is 7.81. The average Bonchev–Trinajstić information content (AvgIpc) is 2.14. The maximum atomic E-state index is 9.62. The van der Waals surface area contributed by atoms with Gasteiger partial charge in [-0.1, -0.05) is 25.7 Å². The molecule has 13 heavy (non-hydrogen) atoms. The monoisotopic (exact) mass is 187 g/mol. The van der Waals surface area contributed by atoms with E-state index < -0.39 is 5.97 Å². The first-order valence-electron chi connectivity index (χ1n) is 3.91. The minimum absolute atomic E-state index is 0.205. The summed E-state index contributed by atoms with van der Waals surface area (Å²) in [5.41, 5.74) is 5.12. The van der Waals surface area contributed by atoms with E-state index in [4.69, 9.17) is 15.9 Å². The second-order valence-corrected chi connectivity index (χ2v) is 2.46. The Kier molecular flexibility index (Phi) is 12.0. The van der Waals surface area contributed by atoms with Crippen molar-refractivity contribution in [3.8, 4) is 0 Å². The van der Waals surface area contributed by atoms with Gasteiger partial charge in [0.15, 0.2) is 0 Å². The number of allylic oxidation sites excluding steroid dienone is 2. The SMILES string of the molecule is C=C/C=C/C(=O)O.CC(CN)CO. The molecule has 0 aliphatic rings. The van der Waals surface area contributed by atoms with E-state index in [0.717, 1.165) is 6.08 Å². The third-order valence-corrected chi connectivity index (χ3v) is 1.09. The van der Waals surface area contributed by atoms with Crippen LogP contribution in [0.5, 0.6) is 0 Å². The molecule has 76 valence electrons. The molecule has 0 bridgehead atoms. The van der Waals surface area contributed by atoms with Gasteiger partial charge in [-0.25, -0.2) is 4.79 Å². The van der Waals surface area contributed by atoms with E-state index in [0.29, 0.717) is 6.54 Å². The van der Waals surface area contributed by atoms with Crippen LogP contribution in [0.15, 0.2) is 24.8 Å². The number of hydrogen-bond donors (Lipinski definition) is 3. The summed E-state index contributed by atoms with van der Waals surface area (Å²) in [7, 11) is 0. The number of carboxylic acids is 1. The summed E-state index contributed by atoms with van der Waals surface area (Å²) >= 11 is 0. The smallest absolute Gasteiger partial charge is 0.328 e. The van der Waals surface area contributed by atoms with E-state index in [1.807, 2.05) is 6.92 Å². The van der Waals surface area contributed by atoms with Gasteiger partial charge in [0.2, 0.25) is 0 Å². The Labute approximate surface area is 78.4 Å². The Morgan fingerprint density at radius 2 is 2.23 bits per heavy atom. The molecule has 0 heterocycles. The minimum Gasteiger partial charge on any atom is -0.478 e. The van der Waals surface area contributed by atoms with Gasteiger partial charge in [-0.3, -0.25) is 0 Å². The lowest BCUT2D eigenvalue weighted by Crippen LogP contribution is -2.13. The van der Waals surface area contributed by atoms with E-state index in [2.05, 4.69) is 6.58 Å². The van der Waals surface area contributed by atoms with Crippen LogP contribution in [0.2, 0.25) is 0 Å². The summed E-state index contributed by atoms with van der Waals surface area (Å²) in [6, 6.07) is 0. The van der Waals surface area contributed by atoms with E-state index in [-0.39, 0.29) is 12.5 Å². The molecule has 0 amide bonds. The molecule has 0 spiro atoms. The second kappa shape index (κ2) is 10.9. The Bertz CT molecular complexity index is 162. The topological polar surface area (TPSA) is 83.5 Å². The first-order valence-corrected chi connectivity index (χ1v) is 3.91. The highest BCUT2D eigenvalue weighted by Gasteiger charge is 1.90. The second-order valence-electron chi connectivity index (χ2n) is 2.46. The summed E-state index contributed by atoms with van der Waals surface area (Å²) in [6.45, 7) is 5.97. The zero-order chi connectivity index (χ0) is 10.7. The largest absolute Gasteiger partial charge is 0.478 e. The van der Waals surface area contributed by atoms with Crippen LogP contribution in [0.4, 0.5) is 0 Å². The number of aliphatic hydroxyl groups excluding tert-OH is 1. The first-order chi connectivity index (χ1) is 6.08. The molecular formula is C9H17NO3.